The summed E-state index contributed by atoms with van der Waals surface area (Å²) < 4.78 is 0. The van der Waals surface area contributed by atoms with E-state index >= 15 is 0 Å². The minimum atomic E-state index is -0.104. The summed E-state index contributed by atoms with van der Waals surface area (Å²) in [4.78, 5) is 11.7. The Morgan fingerprint density at radius 3 is 2.94 bits per heavy atom. The zero-order valence-electron chi connectivity index (χ0n) is 10.0. The third kappa shape index (κ3) is 3.96. The Morgan fingerprint density at radius 2 is 2.24 bits per heavy atom. The molecule has 5 nitrogen and oxygen atoms in total. The molecule has 17 heavy (non-hydrogen) atoms. The van der Waals surface area contributed by atoms with Crippen LogP contribution in [0.1, 0.15) is 42.4 Å². The van der Waals surface area contributed by atoms with Crippen LogP contribution in [0.2, 0.25) is 0 Å². The van der Waals surface area contributed by atoms with Gasteiger partial charge in [0.15, 0.2) is 0 Å². The Labute approximate surface area is 105 Å². The van der Waals surface area contributed by atoms with Crippen LogP contribution in [-0.4, -0.2) is 29.2 Å². The molecule has 0 bridgehead atoms. The second kappa shape index (κ2) is 5.95. The molecule has 1 heterocycles. The van der Waals surface area contributed by atoms with E-state index in [1.54, 1.807) is 0 Å². The number of carbonyl (C=O) groups is 1. The topological polar surface area (TPSA) is 66.9 Å². The summed E-state index contributed by atoms with van der Waals surface area (Å²) in [5.74, 6) is 0.735. The molecule has 0 saturated heterocycles. The molecule has 2 N–H and O–H groups in total. The van der Waals surface area contributed by atoms with Crippen LogP contribution in [0.5, 0.6) is 0 Å². The van der Waals surface area contributed by atoms with Gasteiger partial charge in [0.1, 0.15) is 0 Å². The molecule has 1 aliphatic carbocycles. The van der Waals surface area contributed by atoms with Gasteiger partial charge in [0.2, 0.25) is 10.1 Å². The number of hydrogen-bond donors (Lipinski definition) is 2. The number of hydrogen-bond acceptors (Lipinski definition) is 5. The maximum Gasteiger partial charge on any atom is 0.282 e. The highest BCUT2D eigenvalue weighted by molar-refractivity contribution is 7.17. The summed E-state index contributed by atoms with van der Waals surface area (Å²) in [5.41, 5.74) is 0. The Bertz CT molecular complexity index is 375. The highest BCUT2D eigenvalue weighted by atomic mass is 32.1. The maximum absolute atomic E-state index is 11.7. The van der Waals surface area contributed by atoms with E-state index in [0.717, 1.165) is 37.0 Å². The molecule has 0 unspecified atom stereocenters. The van der Waals surface area contributed by atoms with Gasteiger partial charge in [-0.2, -0.15) is 0 Å². The average molecular weight is 254 g/mol. The smallest absolute Gasteiger partial charge is 0.282 e. The van der Waals surface area contributed by atoms with E-state index in [4.69, 9.17) is 0 Å². The molecule has 1 aliphatic rings. The lowest BCUT2D eigenvalue weighted by molar-refractivity contribution is 0.0951. The Morgan fingerprint density at radius 1 is 1.41 bits per heavy atom. The number of amides is 1. The van der Waals surface area contributed by atoms with Gasteiger partial charge in [-0.05, 0) is 18.8 Å². The number of rotatable bonds is 7. The van der Waals surface area contributed by atoms with E-state index in [1.807, 2.05) is 0 Å². The van der Waals surface area contributed by atoms with Crippen LogP contribution in [-0.2, 0) is 0 Å². The summed E-state index contributed by atoms with van der Waals surface area (Å²) in [7, 11) is 0. The minimum Gasteiger partial charge on any atom is -0.360 e. The van der Waals surface area contributed by atoms with Crippen molar-refractivity contribution in [1.82, 2.24) is 15.5 Å². The molecular formula is C11H18N4OS. The fraction of sp³-hybridized carbons (Fsp3) is 0.727. The second-order valence-corrected chi connectivity index (χ2v) is 5.30. The van der Waals surface area contributed by atoms with Crippen molar-refractivity contribution in [1.29, 1.82) is 0 Å². The van der Waals surface area contributed by atoms with Crippen LogP contribution in [0, 0.1) is 5.92 Å². The lowest BCUT2D eigenvalue weighted by atomic mass is 10.3. The summed E-state index contributed by atoms with van der Waals surface area (Å²) in [6.45, 7) is 3.69. The fourth-order valence-corrected chi connectivity index (χ4v) is 2.18. The van der Waals surface area contributed by atoms with Crippen LogP contribution < -0.4 is 10.6 Å². The van der Waals surface area contributed by atoms with Gasteiger partial charge in [0.05, 0.1) is 0 Å². The zero-order valence-corrected chi connectivity index (χ0v) is 10.8. The van der Waals surface area contributed by atoms with Gasteiger partial charge in [0, 0.05) is 13.1 Å². The highest BCUT2D eigenvalue weighted by Gasteiger charge is 2.21. The van der Waals surface area contributed by atoms with Crippen molar-refractivity contribution in [3.05, 3.63) is 5.01 Å². The third-order valence-electron chi connectivity index (χ3n) is 2.68. The van der Waals surface area contributed by atoms with Crippen LogP contribution in [0.3, 0.4) is 0 Å². The predicted octanol–water partition coefficient (Wildman–Crippen LogP) is 1.89. The van der Waals surface area contributed by atoms with Gasteiger partial charge in [-0.15, -0.1) is 10.2 Å². The molecule has 0 radical (unpaired) electrons. The molecule has 0 spiro atoms. The van der Waals surface area contributed by atoms with E-state index in [9.17, 15) is 4.79 Å². The second-order valence-electron chi connectivity index (χ2n) is 4.33. The molecule has 1 aromatic rings. The van der Waals surface area contributed by atoms with Gasteiger partial charge < -0.3 is 10.6 Å². The third-order valence-corrected chi connectivity index (χ3v) is 3.56. The number of anilines is 1. The van der Waals surface area contributed by atoms with Gasteiger partial charge in [-0.3, -0.25) is 4.79 Å². The largest absolute Gasteiger partial charge is 0.360 e. The number of carbonyl (C=O) groups excluding carboxylic acids is 1. The average Bonchev–Trinajstić information content (AvgIpc) is 3.03. The Balaban J connectivity index is 1.74. The van der Waals surface area contributed by atoms with Crippen molar-refractivity contribution in [2.45, 2.75) is 32.6 Å². The van der Waals surface area contributed by atoms with Crippen molar-refractivity contribution >= 4 is 22.4 Å². The van der Waals surface area contributed by atoms with Crippen molar-refractivity contribution in [2.24, 2.45) is 5.92 Å². The molecular weight excluding hydrogens is 236 g/mol. The number of aromatic nitrogens is 2. The molecule has 94 valence electrons. The van der Waals surface area contributed by atoms with E-state index in [0.29, 0.717) is 5.01 Å². The van der Waals surface area contributed by atoms with Crippen molar-refractivity contribution < 1.29 is 4.79 Å². The fourth-order valence-electron chi connectivity index (χ4n) is 1.49. The Kier molecular flexibility index (Phi) is 4.30. The first-order valence-electron chi connectivity index (χ1n) is 6.15. The van der Waals surface area contributed by atoms with E-state index < -0.39 is 0 Å². The van der Waals surface area contributed by atoms with E-state index in [1.165, 1.54) is 24.2 Å². The van der Waals surface area contributed by atoms with Gasteiger partial charge in [0.25, 0.3) is 5.91 Å². The molecule has 1 aromatic heterocycles. The van der Waals surface area contributed by atoms with Crippen molar-refractivity contribution in [3.63, 3.8) is 0 Å². The molecule has 0 atom stereocenters. The van der Waals surface area contributed by atoms with Gasteiger partial charge >= 0.3 is 0 Å². The van der Waals surface area contributed by atoms with Crippen molar-refractivity contribution in [3.8, 4) is 0 Å². The lowest BCUT2D eigenvalue weighted by Gasteiger charge is -2.00. The first kappa shape index (κ1) is 12.3. The monoisotopic (exact) mass is 254 g/mol. The van der Waals surface area contributed by atoms with Crippen molar-refractivity contribution in [2.75, 3.05) is 18.4 Å². The van der Waals surface area contributed by atoms with Crippen LogP contribution in [0.15, 0.2) is 0 Å². The lowest BCUT2D eigenvalue weighted by Crippen LogP contribution is -2.24. The number of nitrogens with zero attached hydrogens (tertiary/aromatic N) is 2. The van der Waals surface area contributed by atoms with Crippen LogP contribution in [0.4, 0.5) is 5.13 Å². The zero-order chi connectivity index (χ0) is 12.1. The first-order valence-corrected chi connectivity index (χ1v) is 6.97. The van der Waals surface area contributed by atoms with E-state index in [-0.39, 0.29) is 5.91 Å². The molecule has 0 aliphatic heterocycles. The van der Waals surface area contributed by atoms with Gasteiger partial charge in [-0.25, -0.2) is 0 Å². The molecule has 1 saturated carbocycles. The van der Waals surface area contributed by atoms with Crippen LogP contribution >= 0.6 is 11.3 Å². The molecule has 1 fully saturated rings. The number of nitrogens with one attached hydrogen (secondary N) is 2. The molecule has 0 aromatic carbocycles. The van der Waals surface area contributed by atoms with Gasteiger partial charge in [-0.1, -0.05) is 31.1 Å². The minimum absolute atomic E-state index is 0.104. The van der Waals surface area contributed by atoms with E-state index in [2.05, 4.69) is 27.8 Å². The summed E-state index contributed by atoms with van der Waals surface area (Å²) in [5, 5.41) is 15.0. The predicted molar refractivity (Wildman–Crippen MR) is 68.4 cm³/mol. The normalized spacial score (nSPS) is 14.6. The maximum atomic E-state index is 11.7. The molecule has 1 amide bonds. The summed E-state index contributed by atoms with van der Waals surface area (Å²) >= 11 is 1.31. The SMILES string of the molecule is CCCNc1nnc(C(=O)NCCC2CC2)s1. The molecule has 6 heteroatoms. The summed E-state index contributed by atoms with van der Waals surface area (Å²) in [6.07, 6.45) is 4.76. The highest BCUT2D eigenvalue weighted by Crippen LogP contribution is 2.31. The first-order chi connectivity index (χ1) is 8.29. The quantitative estimate of drug-likeness (QED) is 0.779. The summed E-state index contributed by atoms with van der Waals surface area (Å²) in [6, 6.07) is 0. The van der Waals surface area contributed by atoms with Crippen LogP contribution in [0.25, 0.3) is 0 Å². The Hall–Kier alpha value is -1.17. The molecule has 2 rings (SSSR count). The standard InChI is InChI=1S/C11H18N4OS/c1-2-6-13-11-15-14-10(17-11)9(16)12-7-5-8-3-4-8/h8H,2-7H2,1H3,(H,12,16)(H,13,15).